The second kappa shape index (κ2) is 9.23. The molecule has 0 N–H and O–H groups in total. The zero-order valence-electron chi connectivity index (χ0n) is 14.4. The standard InChI is InChI=1S/C20H22ClNO3/c1-15(20(24)25-2)14-22(13-12-16-6-4-3-5-7-16)19(23)17-8-10-18(21)11-9-17/h3-11,15H,12-14H2,1-2H3. The first kappa shape index (κ1) is 19.0. The van der Waals surface area contributed by atoms with Crippen LogP contribution in [-0.4, -0.2) is 37.0 Å². The maximum Gasteiger partial charge on any atom is 0.310 e. The van der Waals surface area contributed by atoms with Crippen LogP contribution in [0, 0.1) is 5.92 Å². The minimum atomic E-state index is -0.392. The van der Waals surface area contributed by atoms with E-state index in [-0.39, 0.29) is 11.9 Å². The normalized spacial score (nSPS) is 11.6. The number of halogens is 1. The molecule has 25 heavy (non-hydrogen) atoms. The van der Waals surface area contributed by atoms with Gasteiger partial charge in [-0.15, -0.1) is 0 Å². The maximum absolute atomic E-state index is 12.9. The lowest BCUT2D eigenvalue weighted by molar-refractivity contribution is -0.145. The van der Waals surface area contributed by atoms with E-state index >= 15 is 0 Å². The molecule has 0 aliphatic heterocycles. The second-order valence-electron chi connectivity index (χ2n) is 5.92. The van der Waals surface area contributed by atoms with E-state index in [1.807, 2.05) is 30.3 Å². The van der Waals surface area contributed by atoms with Crippen molar-refractivity contribution in [3.8, 4) is 0 Å². The number of carbonyl (C=O) groups excluding carboxylic acids is 2. The van der Waals surface area contributed by atoms with E-state index in [0.29, 0.717) is 30.1 Å². The Morgan fingerprint density at radius 1 is 1.08 bits per heavy atom. The van der Waals surface area contributed by atoms with Crippen molar-refractivity contribution in [2.75, 3.05) is 20.2 Å². The molecule has 0 aliphatic carbocycles. The Morgan fingerprint density at radius 2 is 1.72 bits per heavy atom. The third kappa shape index (κ3) is 5.61. The first-order valence-electron chi connectivity index (χ1n) is 8.18. The summed E-state index contributed by atoms with van der Waals surface area (Å²) in [5.74, 6) is -0.839. The van der Waals surface area contributed by atoms with Gasteiger partial charge in [0.25, 0.3) is 5.91 Å². The van der Waals surface area contributed by atoms with Gasteiger partial charge in [-0.05, 0) is 36.2 Å². The van der Waals surface area contributed by atoms with E-state index in [1.54, 1.807) is 36.1 Å². The lowest BCUT2D eigenvalue weighted by Gasteiger charge is -2.25. The molecular formula is C20H22ClNO3. The molecule has 0 saturated heterocycles. The summed E-state index contributed by atoms with van der Waals surface area (Å²) in [5, 5.41) is 0.579. The molecule has 0 radical (unpaired) electrons. The Kier molecular flexibility index (Phi) is 7.02. The molecule has 0 spiro atoms. The number of esters is 1. The molecule has 132 valence electrons. The summed E-state index contributed by atoms with van der Waals surface area (Å²) in [5.41, 5.74) is 1.69. The topological polar surface area (TPSA) is 46.6 Å². The number of amides is 1. The maximum atomic E-state index is 12.9. The van der Waals surface area contributed by atoms with Gasteiger partial charge in [0.1, 0.15) is 0 Å². The molecule has 1 unspecified atom stereocenters. The van der Waals surface area contributed by atoms with E-state index in [0.717, 1.165) is 5.56 Å². The van der Waals surface area contributed by atoms with E-state index in [4.69, 9.17) is 16.3 Å². The van der Waals surface area contributed by atoms with Crippen LogP contribution in [0.1, 0.15) is 22.8 Å². The van der Waals surface area contributed by atoms with Crippen LogP contribution in [0.25, 0.3) is 0 Å². The molecule has 1 amide bonds. The van der Waals surface area contributed by atoms with Crippen LogP contribution in [0.15, 0.2) is 54.6 Å². The van der Waals surface area contributed by atoms with Gasteiger partial charge in [0, 0.05) is 23.7 Å². The van der Waals surface area contributed by atoms with Gasteiger partial charge in [0.2, 0.25) is 0 Å². The highest BCUT2D eigenvalue weighted by Crippen LogP contribution is 2.14. The highest BCUT2D eigenvalue weighted by atomic mass is 35.5. The predicted molar refractivity (Wildman–Crippen MR) is 98.7 cm³/mol. The van der Waals surface area contributed by atoms with E-state index in [1.165, 1.54) is 7.11 Å². The highest BCUT2D eigenvalue weighted by molar-refractivity contribution is 6.30. The summed E-state index contributed by atoms with van der Waals surface area (Å²) < 4.78 is 4.78. The number of benzene rings is 2. The molecule has 0 saturated carbocycles. The fourth-order valence-corrected chi connectivity index (χ4v) is 2.69. The highest BCUT2D eigenvalue weighted by Gasteiger charge is 2.22. The number of methoxy groups -OCH3 is 1. The molecule has 4 nitrogen and oxygen atoms in total. The summed E-state index contributed by atoms with van der Waals surface area (Å²) in [4.78, 5) is 26.3. The van der Waals surface area contributed by atoms with E-state index in [2.05, 4.69) is 0 Å². The van der Waals surface area contributed by atoms with Crippen molar-refractivity contribution in [2.24, 2.45) is 5.92 Å². The van der Waals surface area contributed by atoms with Crippen molar-refractivity contribution in [3.05, 3.63) is 70.7 Å². The van der Waals surface area contributed by atoms with Crippen LogP contribution in [0.2, 0.25) is 5.02 Å². The summed E-state index contributed by atoms with van der Waals surface area (Å²) in [6, 6.07) is 16.7. The monoisotopic (exact) mass is 359 g/mol. The molecule has 0 aromatic heterocycles. The first-order valence-corrected chi connectivity index (χ1v) is 8.55. The van der Waals surface area contributed by atoms with Crippen molar-refractivity contribution in [2.45, 2.75) is 13.3 Å². The number of nitrogens with zero attached hydrogens (tertiary/aromatic N) is 1. The summed E-state index contributed by atoms with van der Waals surface area (Å²) in [6.07, 6.45) is 0.716. The van der Waals surface area contributed by atoms with Gasteiger partial charge in [-0.25, -0.2) is 0 Å². The van der Waals surface area contributed by atoms with Crippen LogP contribution in [-0.2, 0) is 16.0 Å². The first-order chi connectivity index (χ1) is 12.0. The van der Waals surface area contributed by atoms with Crippen molar-refractivity contribution in [1.29, 1.82) is 0 Å². The van der Waals surface area contributed by atoms with Gasteiger partial charge in [0.05, 0.1) is 13.0 Å². The van der Waals surface area contributed by atoms with Gasteiger partial charge in [-0.2, -0.15) is 0 Å². The third-order valence-corrected chi connectivity index (χ3v) is 4.24. The third-order valence-electron chi connectivity index (χ3n) is 3.99. The van der Waals surface area contributed by atoms with Crippen LogP contribution in [0.5, 0.6) is 0 Å². The summed E-state index contributed by atoms with van der Waals surface area (Å²) in [7, 11) is 1.36. The number of carbonyl (C=O) groups is 2. The molecule has 1 atom stereocenters. The number of hydrogen-bond acceptors (Lipinski definition) is 3. The van der Waals surface area contributed by atoms with Crippen molar-refractivity contribution in [1.82, 2.24) is 4.90 Å². The van der Waals surface area contributed by atoms with Gasteiger partial charge < -0.3 is 9.64 Å². The smallest absolute Gasteiger partial charge is 0.310 e. The van der Waals surface area contributed by atoms with E-state index in [9.17, 15) is 9.59 Å². The lowest BCUT2D eigenvalue weighted by Crippen LogP contribution is -2.38. The Bertz CT molecular complexity index is 701. The van der Waals surface area contributed by atoms with Crippen molar-refractivity contribution in [3.63, 3.8) is 0 Å². The molecule has 2 aromatic rings. The summed E-state index contributed by atoms with van der Waals surface area (Å²) >= 11 is 5.90. The Balaban J connectivity index is 2.13. The molecule has 0 heterocycles. The molecule has 2 aromatic carbocycles. The molecule has 0 bridgehead atoms. The van der Waals surface area contributed by atoms with Gasteiger partial charge in [0.15, 0.2) is 0 Å². The zero-order valence-corrected chi connectivity index (χ0v) is 15.2. The molecular weight excluding hydrogens is 338 g/mol. The molecule has 0 fully saturated rings. The zero-order chi connectivity index (χ0) is 18.2. The van der Waals surface area contributed by atoms with Crippen LogP contribution in [0.4, 0.5) is 0 Å². The number of ether oxygens (including phenoxy) is 1. The van der Waals surface area contributed by atoms with Crippen LogP contribution >= 0.6 is 11.6 Å². The minimum absolute atomic E-state index is 0.122. The lowest BCUT2D eigenvalue weighted by atomic mass is 10.1. The predicted octanol–water partition coefficient (Wildman–Crippen LogP) is 3.83. The van der Waals surface area contributed by atoms with Crippen LogP contribution < -0.4 is 0 Å². The molecule has 0 aliphatic rings. The molecule has 5 heteroatoms. The van der Waals surface area contributed by atoms with Gasteiger partial charge in [-0.3, -0.25) is 9.59 Å². The number of rotatable bonds is 7. The average Bonchev–Trinajstić information content (AvgIpc) is 2.65. The molecule has 2 rings (SSSR count). The number of hydrogen-bond donors (Lipinski definition) is 0. The average molecular weight is 360 g/mol. The fourth-order valence-electron chi connectivity index (χ4n) is 2.57. The largest absolute Gasteiger partial charge is 0.469 e. The second-order valence-corrected chi connectivity index (χ2v) is 6.35. The minimum Gasteiger partial charge on any atom is -0.469 e. The Morgan fingerprint density at radius 3 is 2.32 bits per heavy atom. The van der Waals surface area contributed by atoms with E-state index < -0.39 is 5.92 Å². The van der Waals surface area contributed by atoms with Crippen molar-refractivity contribution >= 4 is 23.5 Å². The van der Waals surface area contributed by atoms with Gasteiger partial charge >= 0.3 is 5.97 Å². The Labute approximate surface area is 153 Å². The van der Waals surface area contributed by atoms with Crippen molar-refractivity contribution < 1.29 is 14.3 Å². The van der Waals surface area contributed by atoms with Gasteiger partial charge in [-0.1, -0.05) is 48.9 Å². The fraction of sp³-hybridized carbons (Fsp3) is 0.300. The SMILES string of the molecule is COC(=O)C(C)CN(CCc1ccccc1)C(=O)c1ccc(Cl)cc1. The quantitative estimate of drug-likeness (QED) is 0.706. The Hall–Kier alpha value is -2.33. The van der Waals surface area contributed by atoms with Crippen LogP contribution in [0.3, 0.4) is 0 Å². The summed E-state index contributed by atoms with van der Waals surface area (Å²) in [6.45, 7) is 2.59.